The quantitative estimate of drug-likeness (QED) is 0.828. The zero-order valence-corrected chi connectivity index (χ0v) is 12.9. The number of nitrogens with two attached hydrogens (primary N) is 1. The van der Waals surface area contributed by atoms with Gasteiger partial charge < -0.3 is 11.1 Å². The number of hydrogen-bond acceptors (Lipinski definition) is 3. The lowest BCUT2D eigenvalue weighted by Crippen LogP contribution is -2.27. The van der Waals surface area contributed by atoms with Gasteiger partial charge in [0.2, 0.25) is 0 Å². The summed E-state index contributed by atoms with van der Waals surface area (Å²) in [5, 5.41) is 5.06. The third-order valence-corrected chi connectivity index (χ3v) is 4.54. The largest absolute Gasteiger partial charge is 0.398 e. The van der Waals surface area contributed by atoms with Crippen LogP contribution in [0.25, 0.3) is 0 Å². The molecule has 0 spiro atoms. The molecule has 1 amide bonds. The Morgan fingerprint density at radius 2 is 2.26 bits per heavy atom. The summed E-state index contributed by atoms with van der Waals surface area (Å²) < 4.78 is 0.740. The highest BCUT2D eigenvalue weighted by molar-refractivity contribution is 9.10. The van der Waals surface area contributed by atoms with Gasteiger partial charge in [0.1, 0.15) is 0 Å². The number of anilines is 1. The van der Waals surface area contributed by atoms with E-state index in [0.29, 0.717) is 11.3 Å². The Morgan fingerprint density at radius 1 is 1.47 bits per heavy atom. The molecule has 0 aliphatic carbocycles. The Kier molecular flexibility index (Phi) is 4.61. The van der Waals surface area contributed by atoms with Gasteiger partial charge in [-0.05, 0) is 52.0 Å². The molecule has 2 aromatic rings. The fraction of sp³-hybridized carbons (Fsp3) is 0.214. The summed E-state index contributed by atoms with van der Waals surface area (Å²) in [5.74, 6) is -0.0825. The monoisotopic (exact) mass is 338 g/mol. The van der Waals surface area contributed by atoms with Gasteiger partial charge in [-0.15, -0.1) is 11.3 Å². The van der Waals surface area contributed by atoms with Crippen molar-refractivity contribution in [2.24, 2.45) is 0 Å². The molecule has 1 heterocycles. The predicted octanol–water partition coefficient (Wildman–Crippen LogP) is 3.97. The van der Waals surface area contributed by atoms with Gasteiger partial charge in [-0.2, -0.15) is 0 Å². The number of hydrogen-bond donors (Lipinski definition) is 2. The van der Waals surface area contributed by atoms with E-state index < -0.39 is 0 Å². The van der Waals surface area contributed by atoms with Crippen LogP contribution >= 0.6 is 27.3 Å². The molecule has 1 atom stereocenters. The van der Waals surface area contributed by atoms with Crippen LogP contribution in [0.4, 0.5) is 5.69 Å². The van der Waals surface area contributed by atoms with E-state index in [9.17, 15) is 4.79 Å². The maximum Gasteiger partial charge on any atom is 0.251 e. The average Bonchev–Trinajstić information content (AvgIpc) is 2.92. The number of benzene rings is 1. The van der Waals surface area contributed by atoms with Gasteiger partial charge >= 0.3 is 0 Å². The Balaban J connectivity index is 2.13. The molecule has 0 radical (unpaired) electrons. The van der Waals surface area contributed by atoms with Crippen molar-refractivity contribution in [1.82, 2.24) is 5.32 Å². The molecule has 3 N–H and O–H groups in total. The van der Waals surface area contributed by atoms with Crippen LogP contribution in [0.5, 0.6) is 0 Å². The van der Waals surface area contributed by atoms with Crippen molar-refractivity contribution >= 4 is 38.9 Å². The molecule has 0 saturated carbocycles. The molecular formula is C14H15BrN2OS. The summed E-state index contributed by atoms with van der Waals surface area (Å²) in [6, 6.07) is 9.30. The van der Waals surface area contributed by atoms with Crippen LogP contribution in [0.1, 0.15) is 34.6 Å². The summed E-state index contributed by atoms with van der Waals surface area (Å²) in [7, 11) is 0. The molecule has 100 valence electrons. The second-order valence-electron chi connectivity index (χ2n) is 4.19. The first-order valence-corrected chi connectivity index (χ1v) is 7.68. The standard InChI is InChI=1S/C14H15BrN2OS/c1-2-12(13-4-3-7-19-13)17-14(18)9-5-6-11(16)10(15)8-9/h3-8,12H,2,16H2,1H3,(H,17,18). The molecule has 0 bridgehead atoms. The van der Waals surface area contributed by atoms with Crippen LogP contribution in [0.2, 0.25) is 0 Å². The minimum absolute atomic E-state index is 0.0591. The summed E-state index contributed by atoms with van der Waals surface area (Å²) in [6.45, 7) is 2.06. The summed E-state index contributed by atoms with van der Waals surface area (Å²) in [4.78, 5) is 13.4. The fourth-order valence-electron chi connectivity index (χ4n) is 1.77. The normalized spacial score (nSPS) is 12.1. The van der Waals surface area contributed by atoms with Gasteiger partial charge in [0.15, 0.2) is 0 Å². The first-order chi connectivity index (χ1) is 9.11. The maximum atomic E-state index is 12.2. The van der Waals surface area contributed by atoms with Crippen LogP contribution in [-0.2, 0) is 0 Å². The molecule has 1 aromatic carbocycles. The number of amides is 1. The molecule has 0 fully saturated rings. The van der Waals surface area contributed by atoms with Gasteiger partial charge in [0.05, 0.1) is 6.04 Å². The Labute approximate surface area is 125 Å². The van der Waals surface area contributed by atoms with Crippen molar-refractivity contribution in [2.45, 2.75) is 19.4 Å². The zero-order chi connectivity index (χ0) is 13.8. The number of carbonyl (C=O) groups is 1. The van der Waals surface area contributed by atoms with E-state index in [1.54, 1.807) is 29.5 Å². The van der Waals surface area contributed by atoms with Crippen LogP contribution in [0, 0.1) is 0 Å². The van der Waals surface area contributed by atoms with Crippen molar-refractivity contribution in [3.63, 3.8) is 0 Å². The van der Waals surface area contributed by atoms with Crippen LogP contribution in [-0.4, -0.2) is 5.91 Å². The lowest BCUT2D eigenvalue weighted by atomic mass is 10.1. The minimum atomic E-state index is -0.0825. The predicted molar refractivity (Wildman–Crippen MR) is 83.4 cm³/mol. The molecule has 0 aliphatic rings. The average molecular weight is 339 g/mol. The summed E-state index contributed by atoms with van der Waals surface area (Å²) in [5.41, 5.74) is 6.95. The van der Waals surface area contributed by atoms with Crippen molar-refractivity contribution in [3.05, 3.63) is 50.6 Å². The first-order valence-electron chi connectivity index (χ1n) is 6.01. The highest BCUT2D eigenvalue weighted by Crippen LogP contribution is 2.24. The Morgan fingerprint density at radius 3 is 2.84 bits per heavy atom. The van der Waals surface area contributed by atoms with E-state index in [0.717, 1.165) is 10.9 Å². The van der Waals surface area contributed by atoms with E-state index in [2.05, 4.69) is 28.2 Å². The molecule has 2 rings (SSSR count). The second kappa shape index (κ2) is 6.21. The second-order valence-corrected chi connectivity index (χ2v) is 6.02. The molecule has 3 nitrogen and oxygen atoms in total. The van der Waals surface area contributed by atoms with Gasteiger partial charge in [-0.3, -0.25) is 4.79 Å². The molecule has 1 aromatic heterocycles. The van der Waals surface area contributed by atoms with Gasteiger partial charge in [-0.25, -0.2) is 0 Å². The van der Waals surface area contributed by atoms with Crippen LogP contribution in [0.15, 0.2) is 40.2 Å². The number of carbonyl (C=O) groups excluding carboxylic acids is 1. The number of nitrogen functional groups attached to an aromatic ring is 1. The fourth-order valence-corrected chi connectivity index (χ4v) is 3.01. The number of thiophene rings is 1. The van der Waals surface area contributed by atoms with Crippen LogP contribution in [0.3, 0.4) is 0 Å². The lowest BCUT2D eigenvalue weighted by Gasteiger charge is -2.15. The van der Waals surface area contributed by atoms with Crippen molar-refractivity contribution in [2.75, 3.05) is 5.73 Å². The lowest BCUT2D eigenvalue weighted by molar-refractivity contribution is 0.0936. The summed E-state index contributed by atoms with van der Waals surface area (Å²) in [6.07, 6.45) is 0.863. The van der Waals surface area contributed by atoms with E-state index in [1.807, 2.05) is 17.5 Å². The molecule has 5 heteroatoms. The molecular weight excluding hydrogens is 324 g/mol. The minimum Gasteiger partial charge on any atom is -0.398 e. The molecule has 19 heavy (non-hydrogen) atoms. The van der Waals surface area contributed by atoms with Crippen molar-refractivity contribution in [1.29, 1.82) is 0 Å². The summed E-state index contributed by atoms with van der Waals surface area (Å²) >= 11 is 4.99. The number of rotatable bonds is 4. The van der Waals surface area contributed by atoms with E-state index in [1.165, 1.54) is 4.88 Å². The van der Waals surface area contributed by atoms with E-state index >= 15 is 0 Å². The third kappa shape index (κ3) is 3.36. The zero-order valence-electron chi connectivity index (χ0n) is 10.5. The van der Waals surface area contributed by atoms with E-state index in [-0.39, 0.29) is 11.9 Å². The SMILES string of the molecule is CCC(NC(=O)c1ccc(N)c(Br)c1)c1cccs1. The topological polar surface area (TPSA) is 55.1 Å². The Hall–Kier alpha value is -1.33. The van der Waals surface area contributed by atoms with Crippen molar-refractivity contribution < 1.29 is 4.79 Å². The van der Waals surface area contributed by atoms with Crippen molar-refractivity contribution in [3.8, 4) is 0 Å². The maximum absolute atomic E-state index is 12.2. The number of halogens is 1. The van der Waals surface area contributed by atoms with E-state index in [4.69, 9.17) is 5.73 Å². The van der Waals surface area contributed by atoms with Gasteiger partial charge in [-0.1, -0.05) is 13.0 Å². The first kappa shape index (κ1) is 14.1. The highest BCUT2D eigenvalue weighted by Gasteiger charge is 2.15. The smallest absolute Gasteiger partial charge is 0.251 e. The molecule has 1 unspecified atom stereocenters. The van der Waals surface area contributed by atoms with Crippen LogP contribution < -0.4 is 11.1 Å². The third-order valence-electron chi connectivity index (χ3n) is 2.86. The molecule has 0 saturated heterocycles. The molecule has 0 aliphatic heterocycles. The van der Waals surface area contributed by atoms with Gasteiger partial charge in [0.25, 0.3) is 5.91 Å². The highest BCUT2D eigenvalue weighted by atomic mass is 79.9. The number of nitrogens with one attached hydrogen (secondary N) is 1. The van der Waals surface area contributed by atoms with Gasteiger partial charge in [0, 0.05) is 20.6 Å². The Bertz CT molecular complexity index is 569.